The maximum atomic E-state index is 12.4. The lowest BCUT2D eigenvalue weighted by atomic mass is 10.1. The van der Waals surface area contributed by atoms with Crippen molar-refractivity contribution in [3.05, 3.63) is 54.1 Å². The zero-order valence-electron chi connectivity index (χ0n) is 13.7. The summed E-state index contributed by atoms with van der Waals surface area (Å²) in [5.41, 5.74) is 1.98. The lowest BCUT2D eigenvalue weighted by Crippen LogP contribution is -2.28. The number of hydrogen-bond acceptors (Lipinski definition) is 4. The predicted molar refractivity (Wildman–Crippen MR) is 98.5 cm³/mol. The van der Waals surface area contributed by atoms with Crippen molar-refractivity contribution in [3.63, 3.8) is 0 Å². The Labute approximate surface area is 150 Å². The highest BCUT2D eigenvalue weighted by Gasteiger charge is 2.35. The molecule has 126 valence electrons. The summed E-state index contributed by atoms with van der Waals surface area (Å²) in [6.07, 6.45) is 2.20. The van der Waals surface area contributed by atoms with Gasteiger partial charge in [-0.2, -0.15) is 5.26 Å². The third kappa shape index (κ3) is 3.83. The van der Waals surface area contributed by atoms with Crippen molar-refractivity contribution in [2.24, 2.45) is 5.92 Å². The second kappa shape index (κ2) is 7.41. The number of rotatable bonds is 4. The highest BCUT2D eigenvalue weighted by atomic mass is 32.2. The summed E-state index contributed by atoms with van der Waals surface area (Å²) in [5.74, 6) is -0.610. The van der Waals surface area contributed by atoms with E-state index < -0.39 is 0 Å². The van der Waals surface area contributed by atoms with E-state index in [1.54, 1.807) is 40.9 Å². The normalized spacial score (nSPS) is 16.6. The molecule has 2 aromatic rings. The van der Waals surface area contributed by atoms with Gasteiger partial charge in [0.15, 0.2) is 0 Å². The summed E-state index contributed by atoms with van der Waals surface area (Å²) in [6.45, 7) is 0.375. The van der Waals surface area contributed by atoms with Crippen LogP contribution in [0.2, 0.25) is 0 Å². The van der Waals surface area contributed by atoms with E-state index in [0.29, 0.717) is 17.8 Å². The third-order valence-corrected chi connectivity index (χ3v) is 4.91. The molecule has 25 heavy (non-hydrogen) atoms. The maximum absolute atomic E-state index is 12.4. The van der Waals surface area contributed by atoms with Crippen LogP contribution in [0.3, 0.4) is 0 Å². The molecule has 1 fully saturated rings. The fraction of sp³-hybridized carbons (Fsp3) is 0.211. The molecule has 0 bridgehead atoms. The summed E-state index contributed by atoms with van der Waals surface area (Å²) >= 11 is 1.64. The Kier molecular flexibility index (Phi) is 5.05. The van der Waals surface area contributed by atoms with Crippen molar-refractivity contribution in [2.75, 3.05) is 23.0 Å². The van der Waals surface area contributed by atoms with Gasteiger partial charge < -0.3 is 10.2 Å². The maximum Gasteiger partial charge on any atom is 0.229 e. The van der Waals surface area contributed by atoms with Gasteiger partial charge in [0.1, 0.15) is 0 Å². The second-order valence-corrected chi connectivity index (χ2v) is 6.66. The first kappa shape index (κ1) is 17.1. The van der Waals surface area contributed by atoms with Gasteiger partial charge in [0, 0.05) is 29.2 Å². The van der Waals surface area contributed by atoms with E-state index in [1.165, 1.54) is 0 Å². The molecule has 0 aliphatic carbocycles. The molecule has 1 heterocycles. The molecule has 1 N–H and O–H groups in total. The van der Waals surface area contributed by atoms with Crippen LogP contribution in [-0.4, -0.2) is 24.6 Å². The Morgan fingerprint density at radius 1 is 1.20 bits per heavy atom. The Hall–Kier alpha value is -2.78. The summed E-state index contributed by atoms with van der Waals surface area (Å²) in [7, 11) is 0. The standard InChI is InChI=1S/C19H17N3O2S/c1-25-17-8-6-16(7-9-17)22-12-14(10-18(22)23)19(24)21-15-4-2-13(11-20)3-5-15/h2-9,14H,10,12H2,1H3,(H,21,24). The van der Waals surface area contributed by atoms with Crippen LogP contribution >= 0.6 is 11.8 Å². The van der Waals surface area contributed by atoms with Crippen molar-refractivity contribution in [2.45, 2.75) is 11.3 Å². The van der Waals surface area contributed by atoms with E-state index >= 15 is 0 Å². The van der Waals surface area contributed by atoms with Crippen LogP contribution in [0, 0.1) is 17.2 Å². The van der Waals surface area contributed by atoms with Gasteiger partial charge in [-0.3, -0.25) is 9.59 Å². The average molecular weight is 351 g/mol. The molecule has 0 spiro atoms. The van der Waals surface area contributed by atoms with E-state index in [2.05, 4.69) is 5.32 Å². The van der Waals surface area contributed by atoms with Gasteiger partial charge in [-0.25, -0.2) is 0 Å². The average Bonchev–Trinajstić information content (AvgIpc) is 3.04. The molecule has 6 heteroatoms. The fourth-order valence-electron chi connectivity index (χ4n) is 2.77. The Balaban J connectivity index is 1.66. The Bertz CT molecular complexity index is 825. The second-order valence-electron chi connectivity index (χ2n) is 5.78. The molecule has 1 aliphatic rings. The van der Waals surface area contributed by atoms with Crippen molar-refractivity contribution >= 4 is 35.0 Å². The summed E-state index contributed by atoms with van der Waals surface area (Å²) < 4.78 is 0. The molecule has 0 radical (unpaired) electrons. The molecule has 0 aromatic heterocycles. The topological polar surface area (TPSA) is 73.2 Å². The van der Waals surface area contributed by atoms with Crippen molar-refractivity contribution in [1.29, 1.82) is 5.26 Å². The molecule has 1 aliphatic heterocycles. The third-order valence-electron chi connectivity index (χ3n) is 4.16. The van der Waals surface area contributed by atoms with Gasteiger partial charge in [0.05, 0.1) is 17.6 Å². The van der Waals surface area contributed by atoms with Gasteiger partial charge in [0.25, 0.3) is 0 Å². The summed E-state index contributed by atoms with van der Waals surface area (Å²) in [6, 6.07) is 16.5. The number of carbonyl (C=O) groups excluding carboxylic acids is 2. The van der Waals surface area contributed by atoms with E-state index in [9.17, 15) is 9.59 Å². The van der Waals surface area contributed by atoms with Gasteiger partial charge in [-0.1, -0.05) is 0 Å². The largest absolute Gasteiger partial charge is 0.326 e. The van der Waals surface area contributed by atoms with Crippen LogP contribution in [0.15, 0.2) is 53.4 Å². The smallest absolute Gasteiger partial charge is 0.229 e. The fourth-order valence-corrected chi connectivity index (χ4v) is 3.18. The van der Waals surface area contributed by atoms with Crippen LogP contribution in [0.25, 0.3) is 0 Å². The first-order valence-corrected chi connectivity index (χ1v) is 9.08. The SMILES string of the molecule is CSc1ccc(N2CC(C(=O)Nc3ccc(C#N)cc3)CC2=O)cc1. The van der Waals surface area contributed by atoms with Gasteiger partial charge in [0.2, 0.25) is 11.8 Å². The minimum atomic E-state index is -0.386. The molecule has 1 saturated heterocycles. The number of thioether (sulfide) groups is 1. The van der Waals surface area contributed by atoms with E-state index in [-0.39, 0.29) is 24.2 Å². The predicted octanol–water partition coefficient (Wildman–Crippen LogP) is 3.27. The van der Waals surface area contributed by atoms with E-state index in [0.717, 1.165) is 10.6 Å². The number of anilines is 2. The number of amides is 2. The van der Waals surface area contributed by atoms with Crippen LogP contribution in [0.5, 0.6) is 0 Å². The molecule has 0 saturated carbocycles. The molecule has 2 aromatic carbocycles. The van der Waals surface area contributed by atoms with Gasteiger partial charge in [-0.15, -0.1) is 11.8 Å². The Morgan fingerprint density at radius 3 is 2.48 bits per heavy atom. The highest BCUT2D eigenvalue weighted by Crippen LogP contribution is 2.27. The monoisotopic (exact) mass is 351 g/mol. The van der Waals surface area contributed by atoms with Crippen molar-refractivity contribution in [1.82, 2.24) is 0 Å². The zero-order valence-corrected chi connectivity index (χ0v) is 14.5. The lowest BCUT2D eigenvalue weighted by Gasteiger charge is -2.17. The molecule has 5 nitrogen and oxygen atoms in total. The van der Waals surface area contributed by atoms with Crippen LogP contribution in [0.1, 0.15) is 12.0 Å². The first-order chi connectivity index (χ1) is 12.1. The number of hydrogen-bond donors (Lipinski definition) is 1. The summed E-state index contributed by atoms with van der Waals surface area (Å²) in [5, 5.41) is 11.6. The van der Waals surface area contributed by atoms with E-state index in [4.69, 9.17) is 5.26 Å². The van der Waals surface area contributed by atoms with Crippen molar-refractivity contribution in [3.8, 4) is 6.07 Å². The quantitative estimate of drug-likeness (QED) is 0.858. The molecule has 1 unspecified atom stereocenters. The molecule has 1 atom stereocenters. The van der Waals surface area contributed by atoms with Gasteiger partial charge >= 0.3 is 0 Å². The first-order valence-electron chi connectivity index (χ1n) is 7.86. The lowest BCUT2D eigenvalue weighted by molar-refractivity contribution is -0.122. The number of nitriles is 1. The Morgan fingerprint density at radius 2 is 1.88 bits per heavy atom. The number of benzene rings is 2. The molecule has 3 rings (SSSR count). The zero-order chi connectivity index (χ0) is 17.8. The number of nitrogens with zero attached hydrogens (tertiary/aromatic N) is 2. The van der Waals surface area contributed by atoms with Crippen molar-refractivity contribution < 1.29 is 9.59 Å². The molecular weight excluding hydrogens is 334 g/mol. The van der Waals surface area contributed by atoms with Crippen LogP contribution in [0.4, 0.5) is 11.4 Å². The molecular formula is C19H17N3O2S. The minimum Gasteiger partial charge on any atom is -0.326 e. The van der Waals surface area contributed by atoms with E-state index in [1.807, 2.05) is 36.6 Å². The van der Waals surface area contributed by atoms with Crippen LogP contribution < -0.4 is 10.2 Å². The number of carbonyl (C=O) groups is 2. The highest BCUT2D eigenvalue weighted by molar-refractivity contribution is 7.98. The number of nitrogens with one attached hydrogen (secondary N) is 1. The summed E-state index contributed by atoms with van der Waals surface area (Å²) in [4.78, 5) is 27.5. The van der Waals surface area contributed by atoms with Gasteiger partial charge in [-0.05, 0) is 54.8 Å². The minimum absolute atomic E-state index is 0.0446. The molecule has 2 amide bonds. The van der Waals surface area contributed by atoms with Crippen LogP contribution in [-0.2, 0) is 9.59 Å².